The molecule has 0 N–H and O–H groups in total. The van der Waals surface area contributed by atoms with E-state index in [1.165, 1.54) is 38.8 Å². The minimum atomic E-state index is 0.789. The van der Waals surface area contributed by atoms with E-state index in [2.05, 4.69) is 11.2 Å². The fourth-order valence-corrected chi connectivity index (χ4v) is 3.45. The van der Waals surface area contributed by atoms with Gasteiger partial charge in [0.25, 0.3) is 0 Å². The van der Waals surface area contributed by atoms with E-state index in [4.69, 9.17) is 4.74 Å². The molecule has 2 saturated heterocycles. The molecule has 82 valence electrons. The summed E-state index contributed by atoms with van der Waals surface area (Å²) in [5.74, 6) is 0.802. The highest BCUT2D eigenvalue weighted by molar-refractivity contribution is 7.99. The zero-order valence-corrected chi connectivity index (χ0v) is 9.89. The van der Waals surface area contributed by atoms with Gasteiger partial charge in [-0.3, -0.25) is 4.90 Å². The molecule has 0 aromatic heterocycles. The van der Waals surface area contributed by atoms with Crippen molar-refractivity contribution in [1.29, 1.82) is 0 Å². The highest BCUT2D eigenvalue weighted by Crippen LogP contribution is 2.27. The Bertz CT molecular complexity index is 171. The smallest absolute Gasteiger partial charge is 0.0554 e. The number of ether oxygens (including phenoxy) is 1. The fraction of sp³-hybridized carbons (Fsp3) is 1.00. The first kappa shape index (κ1) is 10.8. The van der Waals surface area contributed by atoms with E-state index in [1.807, 2.05) is 11.8 Å². The minimum absolute atomic E-state index is 0.789. The van der Waals surface area contributed by atoms with Crippen molar-refractivity contribution in [3.63, 3.8) is 0 Å². The molecule has 2 aliphatic heterocycles. The molecule has 0 amide bonds. The molecule has 2 heterocycles. The van der Waals surface area contributed by atoms with E-state index in [9.17, 15) is 0 Å². The first-order valence-corrected chi connectivity index (χ1v) is 7.03. The monoisotopic (exact) mass is 215 g/mol. The lowest BCUT2D eigenvalue weighted by Gasteiger charge is -2.30. The topological polar surface area (TPSA) is 12.5 Å². The Hall–Kier alpha value is 0.270. The molecular weight excluding hydrogens is 194 g/mol. The van der Waals surface area contributed by atoms with Gasteiger partial charge in [0, 0.05) is 13.2 Å². The first-order valence-electron chi connectivity index (χ1n) is 5.74. The molecule has 2 unspecified atom stereocenters. The van der Waals surface area contributed by atoms with Gasteiger partial charge < -0.3 is 4.74 Å². The standard InChI is InChI=1S/C11H21NOS/c1-14-11-5-2-6-12(11)8-10-4-3-7-13-9-10/h10-11H,2-9H2,1H3. The second-order valence-electron chi connectivity index (χ2n) is 4.41. The van der Waals surface area contributed by atoms with Gasteiger partial charge in [-0.1, -0.05) is 0 Å². The summed E-state index contributed by atoms with van der Waals surface area (Å²) >= 11 is 2.01. The average Bonchev–Trinajstić information content (AvgIpc) is 2.67. The second-order valence-corrected chi connectivity index (χ2v) is 5.43. The second kappa shape index (κ2) is 5.38. The molecule has 2 atom stereocenters. The van der Waals surface area contributed by atoms with Crippen molar-refractivity contribution in [2.45, 2.75) is 31.1 Å². The maximum absolute atomic E-state index is 5.53. The van der Waals surface area contributed by atoms with Gasteiger partial charge in [-0.25, -0.2) is 0 Å². The van der Waals surface area contributed by atoms with E-state index in [0.717, 1.165) is 24.5 Å². The van der Waals surface area contributed by atoms with Gasteiger partial charge in [-0.15, -0.1) is 11.8 Å². The largest absolute Gasteiger partial charge is 0.381 e. The van der Waals surface area contributed by atoms with E-state index in [-0.39, 0.29) is 0 Å². The number of rotatable bonds is 3. The molecule has 2 fully saturated rings. The summed E-state index contributed by atoms with van der Waals surface area (Å²) in [6, 6.07) is 0. The van der Waals surface area contributed by atoms with E-state index >= 15 is 0 Å². The molecule has 0 saturated carbocycles. The van der Waals surface area contributed by atoms with Crippen LogP contribution in [0.2, 0.25) is 0 Å². The molecule has 0 aromatic carbocycles. The molecule has 0 aromatic rings. The molecule has 2 nitrogen and oxygen atoms in total. The Morgan fingerprint density at radius 2 is 2.29 bits per heavy atom. The first-order chi connectivity index (χ1) is 6.90. The van der Waals surface area contributed by atoms with E-state index in [0.29, 0.717) is 0 Å². The Balaban J connectivity index is 1.77. The van der Waals surface area contributed by atoms with Gasteiger partial charge in [-0.05, 0) is 44.4 Å². The molecule has 0 aliphatic carbocycles. The zero-order valence-electron chi connectivity index (χ0n) is 9.08. The van der Waals surface area contributed by atoms with Crippen molar-refractivity contribution >= 4 is 11.8 Å². The zero-order chi connectivity index (χ0) is 9.80. The minimum Gasteiger partial charge on any atom is -0.381 e. The third kappa shape index (κ3) is 2.65. The number of thioether (sulfide) groups is 1. The summed E-state index contributed by atoms with van der Waals surface area (Å²) in [5.41, 5.74) is 0. The van der Waals surface area contributed by atoms with Crippen LogP contribution in [0.25, 0.3) is 0 Å². The summed E-state index contributed by atoms with van der Waals surface area (Å²) in [6.45, 7) is 4.56. The van der Waals surface area contributed by atoms with Gasteiger partial charge in [0.05, 0.1) is 12.0 Å². The molecule has 0 spiro atoms. The van der Waals surface area contributed by atoms with Crippen LogP contribution in [-0.4, -0.2) is 42.8 Å². The maximum atomic E-state index is 5.53. The predicted octanol–water partition coefficient (Wildman–Crippen LogP) is 2.20. The van der Waals surface area contributed by atoms with Crippen molar-refractivity contribution < 1.29 is 4.74 Å². The summed E-state index contributed by atoms with van der Waals surface area (Å²) in [7, 11) is 0. The predicted molar refractivity (Wildman–Crippen MR) is 61.7 cm³/mol. The molecule has 2 rings (SSSR count). The van der Waals surface area contributed by atoms with Crippen molar-refractivity contribution in [2.24, 2.45) is 5.92 Å². The van der Waals surface area contributed by atoms with E-state index < -0.39 is 0 Å². The average molecular weight is 215 g/mol. The van der Waals surface area contributed by atoms with Crippen LogP contribution in [0.3, 0.4) is 0 Å². The van der Waals surface area contributed by atoms with Crippen molar-refractivity contribution in [3.05, 3.63) is 0 Å². The lowest BCUT2D eigenvalue weighted by Crippen LogP contribution is -2.35. The van der Waals surface area contributed by atoms with Gasteiger partial charge >= 0.3 is 0 Å². The summed E-state index contributed by atoms with van der Waals surface area (Å²) in [4.78, 5) is 2.66. The summed E-state index contributed by atoms with van der Waals surface area (Å²) in [6.07, 6.45) is 7.65. The van der Waals surface area contributed by atoms with E-state index in [1.54, 1.807) is 0 Å². The number of hydrogen-bond acceptors (Lipinski definition) is 3. The van der Waals surface area contributed by atoms with Crippen LogP contribution < -0.4 is 0 Å². The molecule has 14 heavy (non-hydrogen) atoms. The Kier molecular flexibility index (Phi) is 4.14. The molecule has 2 aliphatic rings. The number of likely N-dealkylation sites (tertiary alicyclic amines) is 1. The third-order valence-electron chi connectivity index (χ3n) is 3.32. The van der Waals surface area contributed by atoms with Crippen molar-refractivity contribution in [2.75, 3.05) is 32.6 Å². The van der Waals surface area contributed by atoms with Crippen LogP contribution in [0.5, 0.6) is 0 Å². The third-order valence-corrected chi connectivity index (χ3v) is 4.40. The van der Waals surface area contributed by atoms with Crippen LogP contribution in [-0.2, 0) is 4.74 Å². The maximum Gasteiger partial charge on any atom is 0.0554 e. The highest BCUT2D eigenvalue weighted by Gasteiger charge is 2.26. The van der Waals surface area contributed by atoms with Crippen molar-refractivity contribution in [1.82, 2.24) is 4.90 Å². The molecular formula is C11H21NOS. The Morgan fingerprint density at radius 1 is 1.36 bits per heavy atom. The van der Waals surface area contributed by atoms with Gasteiger partial charge in [0.15, 0.2) is 0 Å². The fourth-order valence-electron chi connectivity index (χ4n) is 2.55. The van der Waals surface area contributed by atoms with Gasteiger partial charge in [0.2, 0.25) is 0 Å². The highest BCUT2D eigenvalue weighted by atomic mass is 32.2. The van der Waals surface area contributed by atoms with Crippen molar-refractivity contribution in [3.8, 4) is 0 Å². The van der Waals surface area contributed by atoms with Crippen LogP contribution in [0.4, 0.5) is 0 Å². The van der Waals surface area contributed by atoms with Crippen LogP contribution in [0.1, 0.15) is 25.7 Å². The lowest BCUT2D eigenvalue weighted by atomic mass is 10.0. The van der Waals surface area contributed by atoms with Gasteiger partial charge in [-0.2, -0.15) is 0 Å². The summed E-state index contributed by atoms with van der Waals surface area (Å²) < 4.78 is 5.53. The quantitative estimate of drug-likeness (QED) is 0.716. The van der Waals surface area contributed by atoms with Gasteiger partial charge in [0.1, 0.15) is 0 Å². The molecule has 0 radical (unpaired) electrons. The Morgan fingerprint density at radius 3 is 3.00 bits per heavy atom. The van der Waals surface area contributed by atoms with Crippen LogP contribution in [0.15, 0.2) is 0 Å². The number of hydrogen-bond donors (Lipinski definition) is 0. The number of nitrogens with zero attached hydrogens (tertiary/aromatic N) is 1. The molecule has 0 bridgehead atoms. The molecule has 3 heteroatoms. The Labute approximate surface area is 91.4 Å². The lowest BCUT2D eigenvalue weighted by molar-refractivity contribution is 0.0405. The van der Waals surface area contributed by atoms with Crippen LogP contribution >= 0.6 is 11.8 Å². The van der Waals surface area contributed by atoms with Crippen LogP contribution in [0, 0.1) is 5.92 Å². The summed E-state index contributed by atoms with van der Waals surface area (Å²) in [5, 5.41) is 0.789. The SMILES string of the molecule is CSC1CCCN1CC1CCCOC1. The normalized spacial score (nSPS) is 34.9.